The Balaban J connectivity index is 2.74. The summed E-state index contributed by atoms with van der Waals surface area (Å²) >= 11 is 1.68. The van der Waals surface area contributed by atoms with Crippen molar-refractivity contribution in [3.8, 4) is 0 Å². The van der Waals surface area contributed by atoms with E-state index in [0.717, 1.165) is 16.1 Å². The largest absolute Gasteiger partial charge is 0.462 e. The molecule has 0 unspecified atom stereocenters. The standard InChI is InChI=1S/C13H18N2O4S/c1-4-20-8-7-19-11(16)6-5-10-9-14(2)13(18)15(3)12(10)17/h5-6,9H,4,7-8H2,1-3H3. The third-order valence-corrected chi connectivity index (χ3v) is 3.41. The number of aromatic nitrogens is 2. The lowest BCUT2D eigenvalue weighted by atomic mass is 10.3. The van der Waals surface area contributed by atoms with Gasteiger partial charge in [-0.2, -0.15) is 11.8 Å². The second-order valence-corrected chi connectivity index (χ2v) is 5.43. The van der Waals surface area contributed by atoms with Crippen LogP contribution in [0.2, 0.25) is 0 Å². The fourth-order valence-electron chi connectivity index (χ4n) is 1.50. The van der Waals surface area contributed by atoms with Crippen LogP contribution in [0.1, 0.15) is 12.5 Å². The highest BCUT2D eigenvalue weighted by Crippen LogP contribution is 1.98. The molecule has 1 rings (SSSR count). The molecule has 0 amide bonds. The average Bonchev–Trinajstić information content (AvgIpc) is 2.43. The predicted molar refractivity (Wildman–Crippen MR) is 79.9 cm³/mol. The van der Waals surface area contributed by atoms with Gasteiger partial charge in [0.05, 0.1) is 5.56 Å². The number of rotatable bonds is 6. The molecule has 7 heteroatoms. The molecule has 0 aromatic carbocycles. The SMILES string of the molecule is CCSCCOC(=O)C=Cc1cn(C)c(=O)n(C)c1=O. The fourth-order valence-corrected chi connectivity index (χ4v) is 1.99. The van der Waals surface area contributed by atoms with Gasteiger partial charge < -0.3 is 9.30 Å². The number of ether oxygens (including phenoxy) is 1. The smallest absolute Gasteiger partial charge is 0.330 e. The zero-order valence-electron chi connectivity index (χ0n) is 11.8. The summed E-state index contributed by atoms with van der Waals surface area (Å²) in [6, 6.07) is 0. The average molecular weight is 298 g/mol. The molecule has 0 saturated carbocycles. The number of carbonyl (C=O) groups excluding carboxylic acids is 1. The second-order valence-electron chi connectivity index (χ2n) is 4.04. The summed E-state index contributed by atoms with van der Waals surface area (Å²) in [7, 11) is 2.93. The van der Waals surface area contributed by atoms with Crippen molar-refractivity contribution in [2.45, 2.75) is 6.92 Å². The molecule has 0 bridgehead atoms. The zero-order valence-corrected chi connectivity index (χ0v) is 12.6. The summed E-state index contributed by atoms with van der Waals surface area (Å²) in [6.45, 7) is 2.37. The summed E-state index contributed by atoms with van der Waals surface area (Å²) in [6.07, 6.45) is 3.94. The number of carbonyl (C=O) groups is 1. The van der Waals surface area contributed by atoms with Gasteiger partial charge >= 0.3 is 11.7 Å². The molecule has 0 radical (unpaired) electrons. The topological polar surface area (TPSA) is 70.3 Å². The molecule has 1 aromatic heterocycles. The van der Waals surface area contributed by atoms with Crippen LogP contribution < -0.4 is 11.2 Å². The van der Waals surface area contributed by atoms with Crippen molar-refractivity contribution in [1.29, 1.82) is 0 Å². The van der Waals surface area contributed by atoms with Crippen molar-refractivity contribution in [2.75, 3.05) is 18.1 Å². The van der Waals surface area contributed by atoms with E-state index >= 15 is 0 Å². The van der Waals surface area contributed by atoms with Crippen molar-refractivity contribution in [3.63, 3.8) is 0 Å². The molecule has 0 aliphatic rings. The molecule has 0 N–H and O–H groups in total. The van der Waals surface area contributed by atoms with Crippen molar-refractivity contribution in [1.82, 2.24) is 9.13 Å². The Morgan fingerprint density at radius 3 is 2.75 bits per heavy atom. The van der Waals surface area contributed by atoms with E-state index in [2.05, 4.69) is 0 Å². The monoisotopic (exact) mass is 298 g/mol. The predicted octanol–water partition coefficient (Wildman–Crippen LogP) is 0.393. The number of aryl methyl sites for hydroxylation is 1. The van der Waals surface area contributed by atoms with Gasteiger partial charge in [-0.15, -0.1) is 0 Å². The second kappa shape index (κ2) is 7.74. The van der Waals surface area contributed by atoms with Crippen LogP contribution >= 0.6 is 11.8 Å². The lowest BCUT2D eigenvalue weighted by Gasteiger charge is -2.03. The first-order chi connectivity index (χ1) is 9.47. The summed E-state index contributed by atoms with van der Waals surface area (Å²) in [5.74, 6) is 1.22. The Morgan fingerprint density at radius 2 is 2.10 bits per heavy atom. The van der Waals surface area contributed by atoms with Crippen LogP contribution in [0, 0.1) is 0 Å². The quantitative estimate of drug-likeness (QED) is 0.432. The molecule has 0 atom stereocenters. The molecular weight excluding hydrogens is 280 g/mol. The van der Waals surface area contributed by atoms with Gasteiger partial charge in [-0.05, 0) is 11.8 Å². The van der Waals surface area contributed by atoms with E-state index in [0.29, 0.717) is 6.61 Å². The maximum absolute atomic E-state index is 11.8. The highest BCUT2D eigenvalue weighted by atomic mass is 32.2. The number of thioether (sulfide) groups is 1. The Kier molecular flexibility index (Phi) is 6.30. The van der Waals surface area contributed by atoms with Gasteiger partial charge in [-0.1, -0.05) is 6.92 Å². The van der Waals surface area contributed by atoms with Crippen molar-refractivity contribution in [3.05, 3.63) is 38.7 Å². The van der Waals surface area contributed by atoms with E-state index in [1.165, 1.54) is 30.0 Å². The van der Waals surface area contributed by atoms with Gasteiger partial charge in [0.2, 0.25) is 0 Å². The Hall–Kier alpha value is -1.76. The highest BCUT2D eigenvalue weighted by Gasteiger charge is 2.04. The Bertz CT molecular complexity index is 616. The summed E-state index contributed by atoms with van der Waals surface area (Å²) in [5, 5.41) is 0. The van der Waals surface area contributed by atoms with E-state index in [4.69, 9.17) is 4.74 Å². The van der Waals surface area contributed by atoms with E-state index in [9.17, 15) is 14.4 Å². The molecule has 6 nitrogen and oxygen atoms in total. The molecule has 1 aromatic rings. The van der Waals surface area contributed by atoms with Crippen LogP contribution in [0.25, 0.3) is 6.08 Å². The van der Waals surface area contributed by atoms with E-state index in [1.54, 1.807) is 18.8 Å². The van der Waals surface area contributed by atoms with Gasteiger partial charge in [-0.3, -0.25) is 9.36 Å². The number of nitrogens with zero attached hydrogens (tertiary/aromatic N) is 2. The van der Waals surface area contributed by atoms with Crippen LogP contribution in [0.5, 0.6) is 0 Å². The normalized spacial score (nSPS) is 10.9. The number of esters is 1. The summed E-state index contributed by atoms with van der Waals surface area (Å²) < 4.78 is 7.24. The van der Waals surface area contributed by atoms with Gasteiger partial charge in [-0.25, -0.2) is 9.59 Å². The molecule has 0 fully saturated rings. The van der Waals surface area contributed by atoms with Gasteiger partial charge in [0.25, 0.3) is 5.56 Å². The van der Waals surface area contributed by atoms with Crippen molar-refractivity contribution < 1.29 is 9.53 Å². The fraction of sp³-hybridized carbons (Fsp3) is 0.462. The van der Waals surface area contributed by atoms with Gasteiger partial charge in [0.15, 0.2) is 0 Å². The summed E-state index contributed by atoms with van der Waals surface area (Å²) in [5.41, 5.74) is -0.598. The highest BCUT2D eigenvalue weighted by molar-refractivity contribution is 7.99. The number of hydrogen-bond donors (Lipinski definition) is 0. The number of hydrogen-bond acceptors (Lipinski definition) is 5. The van der Waals surface area contributed by atoms with Crippen LogP contribution in [0.3, 0.4) is 0 Å². The van der Waals surface area contributed by atoms with Crippen molar-refractivity contribution >= 4 is 23.8 Å². The molecular formula is C13H18N2O4S. The third-order valence-electron chi connectivity index (χ3n) is 2.55. The van der Waals surface area contributed by atoms with E-state index < -0.39 is 17.2 Å². The first kappa shape index (κ1) is 16.3. The lowest BCUT2D eigenvalue weighted by Crippen LogP contribution is -2.37. The van der Waals surface area contributed by atoms with Crippen LogP contribution in [0.4, 0.5) is 0 Å². The first-order valence-corrected chi connectivity index (χ1v) is 7.32. The minimum atomic E-state index is -0.502. The first-order valence-electron chi connectivity index (χ1n) is 6.16. The molecule has 0 aliphatic carbocycles. The minimum Gasteiger partial charge on any atom is -0.462 e. The summed E-state index contributed by atoms with van der Waals surface area (Å²) in [4.78, 5) is 34.7. The maximum Gasteiger partial charge on any atom is 0.330 e. The molecule has 110 valence electrons. The zero-order chi connectivity index (χ0) is 15.1. The van der Waals surface area contributed by atoms with E-state index in [-0.39, 0.29) is 5.56 Å². The molecule has 20 heavy (non-hydrogen) atoms. The lowest BCUT2D eigenvalue weighted by molar-refractivity contribution is -0.137. The molecule has 0 spiro atoms. The van der Waals surface area contributed by atoms with Crippen LogP contribution in [-0.2, 0) is 23.6 Å². The maximum atomic E-state index is 11.8. The minimum absolute atomic E-state index is 0.259. The molecule has 0 saturated heterocycles. The van der Waals surface area contributed by atoms with Gasteiger partial charge in [0, 0.05) is 32.1 Å². The van der Waals surface area contributed by atoms with Gasteiger partial charge in [0.1, 0.15) is 6.61 Å². The van der Waals surface area contributed by atoms with E-state index in [1.807, 2.05) is 6.92 Å². The third kappa shape index (κ3) is 4.41. The van der Waals surface area contributed by atoms with Crippen LogP contribution in [-0.4, -0.2) is 33.2 Å². The Labute approximate surface area is 121 Å². The Morgan fingerprint density at radius 1 is 1.40 bits per heavy atom. The van der Waals surface area contributed by atoms with Crippen LogP contribution in [0.15, 0.2) is 21.9 Å². The molecule has 0 aliphatic heterocycles. The molecule has 1 heterocycles. The van der Waals surface area contributed by atoms with Crippen molar-refractivity contribution in [2.24, 2.45) is 14.1 Å².